The van der Waals surface area contributed by atoms with E-state index in [0.29, 0.717) is 23.0 Å². The van der Waals surface area contributed by atoms with Crippen LogP contribution < -0.4 is 0 Å². The first-order valence-corrected chi connectivity index (χ1v) is 12.4. The topological polar surface area (TPSA) is 118 Å². The Morgan fingerprint density at radius 3 is 2.34 bits per heavy atom. The molecule has 1 heterocycles. The van der Waals surface area contributed by atoms with Crippen LogP contribution in [0, 0.1) is 0 Å². The van der Waals surface area contributed by atoms with Crippen molar-refractivity contribution in [2.45, 2.75) is 42.4 Å². The highest BCUT2D eigenvalue weighted by Crippen LogP contribution is 2.45. The van der Waals surface area contributed by atoms with Gasteiger partial charge in [-0.15, -0.1) is 0 Å². The lowest BCUT2D eigenvalue weighted by atomic mass is 9.99. The molecule has 0 atom stereocenters. The SMILES string of the molecule is CS(=O)(=O)c1ccc(-c2ccc(-n3nc(C4CC4)cc3C3CC3)cc2)c(C(=O)N=[N+]=[N-])c1. The van der Waals surface area contributed by atoms with Crippen molar-refractivity contribution in [2.24, 2.45) is 5.11 Å². The molecule has 0 spiro atoms. The lowest BCUT2D eigenvalue weighted by Crippen LogP contribution is -2.04. The molecule has 0 bridgehead atoms. The molecule has 2 aromatic carbocycles. The van der Waals surface area contributed by atoms with Crippen LogP contribution in [0.15, 0.2) is 58.5 Å². The van der Waals surface area contributed by atoms with E-state index in [0.717, 1.165) is 17.6 Å². The van der Waals surface area contributed by atoms with Crippen molar-refractivity contribution in [1.29, 1.82) is 0 Å². The minimum absolute atomic E-state index is 0.00687. The van der Waals surface area contributed by atoms with Crippen LogP contribution >= 0.6 is 0 Å². The van der Waals surface area contributed by atoms with Crippen molar-refractivity contribution in [2.75, 3.05) is 6.26 Å². The summed E-state index contributed by atoms with van der Waals surface area (Å²) < 4.78 is 25.9. The molecular formula is C23H21N5O3S. The summed E-state index contributed by atoms with van der Waals surface area (Å²) in [6, 6.07) is 14.1. The van der Waals surface area contributed by atoms with Gasteiger partial charge in [0, 0.05) is 34.3 Å². The summed E-state index contributed by atoms with van der Waals surface area (Å²) >= 11 is 0. The molecule has 0 N–H and O–H groups in total. The third-order valence-electron chi connectivity index (χ3n) is 5.96. The summed E-state index contributed by atoms with van der Waals surface area (Å²) in [4.78, 5) is 14.9. The number of hydrogen-bond acceptors (Lipinski definition) is 4. The average molecular weight is 448 g/mol. The van der Waals surface area contributed by atoms with Gasteiger partial charge in [0.25, 0.3) is 0 Å². The first kappa shape index (κ1) is 20.5. The molecule has 2 fully saturated rings. The van der Waals surface area contributed by atoms with Crippen molar-refractivity contribution in [3.63, 3.8) is 0 Å². The Labute approximate surface area is 185 Å². The van der Waals surface area contributed by atoms with E-state index in [1.807, 2.05) is 28.9 Å². The van der Waals surface area contributed by atoms with Gasteiger partial charge in [-0.05, 0) is 77.8 Å². The zero-order valence-corrected chi connectivity index (χ0v) is 18.3. The van der Waals surface area contributed by atoms with E-state index in [-0.39, 0.29) is 10.5 Å². The molecule has 2 aliphatic carbocycles. The molecule has 9 heteroatoms. The minimum atomic E-state index is -3.52. The average Bonchev–Trinajstić information content (AvgIpc) is 3.71. The summed E-state index contributed by atoms with van der Waals surface area (Å²) in [5.41, 5.74) is 13.3. The fraction of sp³-hybridized carbons (Fsp3) is 0.304. The molecule has 0 radical (unpaired) electrons. The van der Waals surface area contributed by atoms with Crippen molar-refractivity contribution < 1.29 is 13.2 Å². The fourth-order valence-electron chi connectivity index (χ4n) is 3.93. The molecular weight excluding hydrogens is 426 g/mol. The smallest absolute Gasteiger partial charge is 0.249 e. The molecule has 1 aromatic heterocycles. The molecule has 0 saturated heterocycles. The zero-order chi connectivity index (χ0) is 22.5. The maximum absolute atomic E-state index is 12.4. The Hall–Kier alpha value is -3.42. The van der Waals surface area contributed by atoms with E-state index in [2.05, 4.69) is 16.1 Å². The van der Waals surface area contributed by atoms with Crippen molar-refractivity contribution in [1.82, 2.24) is 9.78 Å². The van der Waals surface area contributed by atoms with Gasteiger partial charge >= 0.3 is 0 Å². The number of benzene rings is 2. The van der Waals surface area contributed by atoms with Crippen molar-refractivity contribution in [3.05, 3.63) is 75.9 Å². The van der Waals surface area contributed by atoms with E-state index in [1.165, 1.54) is 43.5 Å². The number of sulfone groups is 1. The monoisotopic (exact) mass is 447 g/mol. The van der Waals surface area contributed by atoms with Crippen molar-refractivity contribution >= 4 is 15.7 Å². The highest BCUT2D eigenvalue weighted by Gasteiger charge is 2.33. The lowest BCUT2D eigenvalue weighted by Gasteiger charge is -2.11. The van der Waals surface area contributed by atoms with Gasteiger partial charge in [-0.1, -0.05) is 18.2 Å². The number of hydrogen-bond donors (Lipinski definition) is 0. The predicted molar refractivity (Wildman–Crippen MR) is 120 cm³/mol. The largest absolute Gasteiger partial charge is 0.287 e. The molecule has 3 aromatic rings. The predicted octanol–water partition coefficient (Wildman–Crippen LogP) is 5.15. The van der Waals surface area contributed by atoms with E-state index in [1.54, 1.807) is 6.07 Å². The maximum atomic E-state index is 12.4. The molecule has 0 unspecified atom stereocenters. The zero-order valence-electron chi connectivity index (χ0n) is 17.5. The number of nitrogens with zero attached hydrogens (tertiary/aromatic N) is 5. The first-order valence-electron chi connectivity index (χ1n) is 10.5. The third kappa shape index (κ3) is 3.92. The van der Waals surface area contributed by atoms with E-state index < -0.39 is 15.7 Å². The van der Waals surface area contributed by atoms with Crippen LogP contribution in [0.3, 0.4) is 0 Å². The standard InChI is InChI=1S/C23H21N5O3S/c1-32(30,31)18-10-11-19(20(12-18)23(29)25-27-24)14-6-8-17(9-7-14)28-22(16-4-5-16)13-21(26-28)15-2-3-15/h6-13,15-16H,2-5H2,1H3. The van der Waals surface area contributed by atoms with Gasteiger partial charge < -0.3 is 0 Å². The van der Waals surface area contributed by atoms with E-state index in [4.69, 9.17) is 10.6 Å². The van der Waals surface area contributed by atoms with Crippen LogP contribution in [0.25, 0.3) is 27.3 Å². The quantitative estimate of drug-likeness (QED) is 0.295. The first-order chi connectivity index (χ1) is 15.3. The Balaban J connectivity index is 1.54. The van der Waals surface area contributed by atoms with Crippen LogP contribution in [0.5, 0.6) is 0 Å². The number of azide groups is 1. The van der Waals surface area contributed by atoms with Gasteiger partial charge in [-0.2, -0.15) is 5.10 Å². The third-order valence-corrected chi connectivity index (χ3v) is 7.07. The van der Waals surface area contributed by atoms with Crippen LogP contribution in [0.4, 0.5) is 0 Å². The van der Waals surface area contributed by atoms with Crippen LogP contribution in [0.2, 0.25) is 0 Å². The van der Waals surface area contributed by atoms with Crippen LogP contribution in [0.1, 0.15) is 59.3 Å². The van der Waals surface area contributed by atoms with Gasteiger partial charge in [0.1, 0.15) is 0 Å². The second-order valence-electron chi connectivity index (χ2n) is 8.48. The molecule has 5 rings (SSSR count). The molecule has 2 aliphatic rings. The summed E-state index contributed by atoms with van der Waals surface area (Å²) in [6.07, 6.45) is 5.84. The maximum Gasteiger partial charge on any atom is 0.249 e. The lowest BCUT2D eigenvalue weighted by molar-refractivity contribution is 0.100. The number of aromatic nitrogens is 2. The summed E-state index contributed by atoms with van der Waals surface area (Å²) in [5.74, 6) is 0.316. The minimum Gasteiger partial charge on any atom is -0.287 e. The highest BCUT2D eigenvalue weighted by atomic mass is 32.2. The Morgan fingerprint density at radius 1 is 1.06 bits per heavy atom. The van der Waals surface area contributed by atoms with Gasteiger partial charge in [-0.3, -0.25) is 4.79 Å². The Morgan fingerprint density at radius 2 is 1.75 bits per heavy atom. The Bertz CT molecular complexity index is 1380. The second-order valence-corrected chi connectivity index (χ2v) is 10.5. The normalized spacial score (nSPS) is 15.9. The van der Waals surface area contributed by atoms with E-state index in [9.17, 15) is 13.2 Å². The van der Waals surface area contributed by atoms with E-state index >= 15 is 0 Å². The number of carbonyl (C=O) groups is 1. The van der Waals surface area contributed by atoms with Crippen LogP contribution in [-0.4, -0.2) is 30.4 Å². The number of amides is 1. The number of rotatable bonds is 6. The summed E-state index contributed by atoms with van der Waals surface area (Å²) in [5, 5.41) is 8.02. The highest BCUT2D eigenvalue weighted by molar-refractivity contribution is 7.90. The second kappa shape index (κ2) is 7.62. The van der Waals surface area contributed by atoms with Gasteiger partial charge in [0.2, 0.25) is 5.91 Å². The molecule has 32 heavy (non-hydrogen) atoms. The summed E-state index contributed by atoms with van der Waals surface area (Å²) in [7, 11) is -3.52. The molecule has 2 saturated carbocycles. The molecule has 0 aliphatic heterocycles. The summed E-state index contributed by atoms with van der Waals surface area (Å²) in [6.45, 7) is 0. The van der Waals surface area contributed by atoms with Gasteiger partial charge in [0.15, 0.2) is 9.84 Å². The molecule has 1 amide bonds. The van der Waals surface area contributed by atoms with Gasteiger partial charge in [0.05, 0.1) is 16.3 Å². The molecule has 162 valence electrons. The van der Waals surface area contributed by atoms with Crippen LogP contribution in [-0.2, 0) is 9.84 Å². The van der Waals surface area contributed by atoms with Gasteiger partial charge in [-0.25, -0.2) is 13.1 Å². The number of carbonyl (C=O) groups excluding carboxylic acids is 1. The Kier molecular flexibility index (Phi) is 4.87. The van der Waals surface area contributed by atoms with Crippen molar-refractivity contribution in [3.8, 4) is 16.8 Å². The fourth-order valence-corrected chi connectivity index (χ4v) is 4.58. The molecule has 8 nitrogen and oxygen atoms in total.